The van der Waals surface area contributed by atoms with Crippen molar-refractivity contribution in [2.45, 2.75) is 367 Å². The van der Waals surface area contributed by atoms with Crippen molar-refractivity contribution in [1.82, 2.24) is 0 Å². The third-order valence-electron chi connectivity index (χ3n) is 16.6. The van der Waals surface area contributed by atoms with E-state index >= 15 is 0 Å². The van der Waals surface area contributed by atoms with Gasteiger partial charge in [0.15, 0.2) is 6.10 Å². The fraction of sp³-hybridized carbons (Fsp3) is 0.694. The van der Waals surface area contributed by atoms with E-state index in [1.165, 1.54) is 218 Å². The van der Waals surface area contributed by atoms with Crippen LogP contribution >= 0.6 is 0 Å². The van der Waals surface area contributed by atoms with Gasteiger partial charge in [-0.1, -0.05) is 378 Å². The van der Waals surface area contributed by atoms with E-state index < -0.39 is 6.10 Å². The molecule has 1 unspecified atom stereocenters. The number of aliphatic hydroxyl groups is 1. The monoisotopic (exact) mass is 1250 g/mol. The highest BCUT2D eigenvalue weighted by molar-refractivity contribution is 5.70. The summed E-state index contributed by atoms with van der Waals surface area (Å²) in [6.45, 7) is 3.94. The zero-order valence-electron chi connectivity index (χ0n) is 59.1. The van der Waals surface area contributed by atoms with E-state index in [4.69, 9.17) is 9.47 Å². The lowest BCUT2D eigenvalue weighted by Gasteiger charge is -2.15. The van der Waals surface area contributed by atoms with E-state index in [2.05, 4.69) is 160 Å². The first-order valence-electron chi connectivity index (χ1n) is 38.4. The number of hydrogen-bond acceptors (Lipinski definition) is 5. The summed E-state index contributed by atoms with van der Waals surface area (Å²) in [6.07, 6.45) is 119. The Morgan fingerprint density at radius 3 is 0.667 bits per heavy atom. The Balaban J connectivity index is 3.44. The predicted molar refractivity (Wildman–Crippen MR) is 398 cm³/mol. The van der Waals surface area contributed by atoms with Crippen LogP contribution in [0.2, 0.25) is 0 Å². The summed E-state index contributed by atoms with van der Waals surface area (Å²) in [5, 5.41) is 9.73. The molecule has 1 atom stereocenters. The second-order valence-electron chi connectivity index (χ2n) is 25.3. The molecule has 0 aliphatic rings. The lowest BCUT2D eigenvalue weighted by atomic mass is 10.0. The molecule has 5 nitrogen and oxygen atoms in total. The molecule has 0 aliphatic heterocycles. The van der Waals surface area contributed by atoms with E-state index in [1.807, 2.05) is 0 Å². The predicted octanol–water partition coefficient (Wildman–Crippen LogP) is 27.2. The average Bonchev–Trinajstić information content (AvgIpc) is 3.59. The van der Waals surface area contributed by atoms with E-state index in [1.54, 1.807) is 0 Å². The van der Waals surface area contributed by atoms with E-state index in [9.17, 15) is 14.7 Å². The Bertz CT molecular complexity index is 1850. The van der Waals surface area contributed by atoms with Crippen LogP contribution in [0.15, 0.2) is 146 Å². The maximum absolute atomic E-state index is 12.4. The number of carbonyl (C=O) groups is 2. The van der Waals surface area contributed by atoms with E-state index in [-0.39, 0.29) is 25.2 Å². The van der Waals surface area contributed by atoms with Gasteiger partial charge in [-0.15, -0.1) is 0 Å². The highest BCUT2D eigenvalue weighted by atomic mass is 16.6. The van der Waals surface area contributed by atoms with Crippen molar-refractivity contribution in [3.63, 3.8) is 0 Å². The molecule has 0 aromatic rings. The Morgan fingerprint density at radius 1 is 0.256 bits per heavy atom. The van der Waals surface area contributed by atoms with Crippen LogP contribution in [0.4, 0.5) is 0 Å². The second kappa shape index (κ2) is 79.0. The van der Waals surface area contributed by atoms with Crippen molar-refractivity contribution < 1.29 is 24.2 Å². The van der Waals surface area contributed by atoms with Gasteiger partial charge in [0.2, 0.25) is 0 Å². The molecule has 0 fully saturated rings. The normalized spacial score (nSPS) is 13.1. The zero-order valence-corrected chi connectivity index (χ0v) is 59.1. The van der Waals surface area contributed by atoms with Gasteiger partial charge < -0.3 is 14.6 Å². The summed E-state index contributed by atoms with van der Waals surface area (Å²) in [5.41, 5.74) is 0. The van der Waals surface area contributed by atoms with E-state index in [0.29, 0.717) is 12.8 Å². The molecule has 5 heteroatoms. The Labute approximate surface area is 558 Å². The molecule has 0 amide bonds. The standard InChI is InChI=1S/C85H144O5/c1-3-5-7-9-11-13-15-17-19-21-23-25-27-29-31-33-35-37-39-41-42-44-46-48-50-52-54-56-58-60-62-64-66-68-70-72-74-76-78-80-85(88)90-83(81-86)82-89-84(87)79-77-75-73-71-69-67-65-63-61-59-57-55-53-51-49-47-45-43-40-38-36-34-32-30-28-26-24-22-20-18-16-14-12-10-8-6-4-2/h5-8,11-14,17-20,23-26,29-32,35-38,83,86H,3-4,9-10,15-16,21-22,27-28,33-34,39-82H2,1-2H3/b7-5-,8-6-,13-11-,14-12-,19-17-,20-18-,25-23-,26-24-,31-29-,32-30-,37-35-,38-36-. The van der Waals surface area contributed by atoms with Crippen LogP contribution in [0.1, 0.15) is 361 Å². The van der Waals surface area contributed by atoms with Crippen molar-refractivity contribution in [1.29, 1.82) is 0 Å². The first kappa shape index (κ1) is 85.8. The summed E-state index contributed by atoms with van der Waals surface area (Å²) in [5.74, 6) is -0.578. The molecule has 514 valence electrons. The van der Waals surface area contributed by atoms with Crippen molar-refractivity contribution in [3.8, 4) is 0 Å². The molecule has 0 saturated carbocycles. The van der Waals surface area contributed by atoms with Crippen molar-refractivity contribution in [3.05, 3.63) is 146 Å². The number of esters is 2. The third kappa shape index (κ3) is 76.2. The minimum atomic E-state index is -0.778. The molecule has 0 saturated heterocycles. The molecule has 90 heavy (non-hydrogen) atoms. The molecule has 0 aliphatic carbocycles. The number of unbranched alkanes of at least 4 members (excludes halogenated alkanes) is 38. The Hall–Kier alpha value is -4.22. The van der Waals surface area contributed by atoms with Gasteiger partial charge in [0.25, 0.3) is 0 Å². The van der Waals surface area contributed by atoms with Gasteiger partial charge >= 0.3 is 11.9 Å². The molecular weight excluding hydrogens is 1100 g/mol. The highest BCUT2D eigenvalue weighted by Gasteiger charge is 2.16. The summed E-state index contributed by atoms with van der Waals surface area (Å²) in [4.78, 5) is 24.7. The Kier molecular flexibility index (Phi) is 75.3. The van der Waals surface area contributed by atoms with Crippen LogP contribution in [-0.2, 0) is 19.1 Å². The van der Waals surface area contributed by atoms with Gasteiger partial charge in [0.1, 0.15) is 6.61 Å². The molecule has 0 radical (unpaired) electrons. The number of hydrogen-bond donors (Lipinski definition) is 1. The zero-order chi connectivity index (χ0) is 64.7. The van der Waals surface area contributed by atoms with Crippen LogP contribution in [0.5, 0.6) is 0 Å². The minimum Gasteiger partial charge on any atom is -0.462 e. The topological polar surface area (TPSA) is 72.8 Å². The number of carbonyl (C=O) groups excluding carboxylic acids is 2. The number of ether oxygens (including phenoxy) is 2. The fourth-order valence-corrected chi connectivity index (χ4v) is 11.0. The second-order valence-corrected chi connectivity index (χ2v) is 25.3. The van der Waals surface area contributed by atoms with Crippen LogP contribution in [0.25, 0.3) is 0 Å². The molecular formula is C85H144O5. The Morgan fingerprint density at radius 2 is 0.444 bits per heavy atom. The van der Waals surface area contributed by atoms with E-state index in [0.717, 1.165) is 116 Å². The lowest BCUT2D eigenvalue weighted by molar-refractivity contribution is -0.161. The first-order valence-corrected chi connectivity index (χ1v) is 38.4. The maximum atomic E-state index is 12.4. The van der Waals surface area contributed by atoms with Crippen LogP contribution in [-0.4, -0.2) is 36.4 Å². The summed E-state index contributed by atoms with van der Waals surface area (Å²) < 4.78 is 10.8. The van der Waals surface area contributed by atoms with Crippen molar-refractivity contribution in [2.24, 2.45) is 0 Å². The molecule has 0 spiro atoms. The summed E-state index contributed by atoms with van der Waals surface area (Å²) in [6, 6.07) is 0. The van der Waals surface area contributed by atoms with Gasteiger partial charge in [-0.05, 0) is 116 Å². The molecule has 0 heterocycles. The molecule has 1 N–H and O–H groups in total. The van der Waals surface area contributed by atoms with Crippen LogP contribution in [0.3, 0.4) is 0 Å². The number of allylic oxidation sites excluding steroid dienone is 24. The first-order chi connectivity index (χ1) is 44.6. The van der Waals surface area contributed by atoms with Crippen molar-refractivity contribution in [2.75, 3.05) is 13.2 Å². The van der Waals surface area contributed by atoms with Gasteiger partial charge in [0, 0.05) is 12.8 Å². The summed E-state index contributed by atoms with van der Waals surface area (Å²) >= 11 is 0. The highest BCUT2D eigenvalue weighted by Crippen LogP contribution is 2.18. The lowest BCUT2D eigenvalue weighted by Crippen LogP contribution is -2.28. The SMILES string of the molecule is CC/C=C\C/C=C\C/C=C\C/C=C\C/C=C\C/C=C\CCCCCCCCCCCCCCCCCCCCCCC(=O)OC(CO)COC(=O)CCCCCCCCCCCCCCCCCCCC/C=C\C/C=C\C/C=C\C/C=C\C/C=C\C/C=C\CC. The number of rotatable bonds is 70. The molecule has 0 rings (SSSR count). The number of aliphatic hydroxyl groups excluding tert-OH is 1. The largest absolute Gasteiger partial charge is 0.462 e. The smallest absolute Gasteiger partial charge is 0.306 e. The van der Waals surface area contributed by atoms with Gasteiger partial charge in [-0.25, -0.2) is 0 Å². The molecule has 0 aromatic heterocycles. The van der Waals surface area contributed by atoms with Crippen LogP contribution in [0, 0.1) is 0 Å². The molecule has 0 bridgehead atoms. The van der Waals surface area contributed by atoms with Crippen LogP contribution < -0.4 is 0 Å². The average molecular weight is 1250 g/mol. The minimum absolute atomic E-state index is 0.0666. The maximum Gasteiger partial charge on any atom is 0.306 e. The third-order valence-corrected chi connectivity index (χ3v) is 16.6. The quantitative estimate of drug-likeness (QED) is 0.0373. The van der Waals surface area contributed by atoms with Gasteiger partial charge in [-0.2, -0.15) is 0 Å². The summed E-state index contributed by atoms with van der Waals surface area (Å²) in [7, 11) is 0. The fourth-order valence-electron chi connectivity index (χ4n) is 11.0. The van der Waals surface area contributed by atoms with Gasteiger partial charge in [0.05, 0.1) is 6.61 Å². The van der Waals surface area contributed by atoms with Crippen molar-refractivity contribution >= 4 is 11.9 Å². The molecule has 0 aromatic carbocycles. The van der Waals surface area contributed by atoms with Gasteiger partial charge in [-0.3, -0.25) is 9.59 Å².